The van der Waals surface area contributed by atoms with Gasteiger partial charge in [-0.1, -0.05) is 13.0 Å². The van der Waals surface area contributed by atoms with E-state index in [-0.39, 0.29) is 12.4 Å². The summed E-state index contributed by atoms with van der Waals surface area (Å²) in [5, 5.41) is 6.07. The monoisotopic (exact) mass is 298 g/mol. The zero-order valence-corrected chi connectivity index (χ0v) is 12.0. The quantitative estimate of drug-likeness (QED) is 0.794. The molecule has 3 nitrogen and oxygen atoms in total. The number of halogens is 2. The number of hydrogen-bond donors (Lipinski definition) is 1. The lowest BCUT2D eigenvalue weighted by Crippen LogP contribution is -2.13. The molecule has 0 fully saturated rings. The van der Waals surface area contributed by atoms with Crippen molar-refractivity contribution in [1.82, 2.24) is 10.3 Å². The van der Waals surface area contributed by atoms with E-state index in [1.54, 1.807) is 0 Å². The first-order valence-corrected chi connectivity index (χ1v) is 7.29. The second-order valence-corrected chi connectivity index (χ2v) is 5.19. The Kier molecular flexibility index (Phi) is 5.43. The molecular formula is C14H16F2N2OS. The van der Waals surface area contributed by atoms with Crippen molar-refractivity contribution < 1.29 is 13.5 Å². The van der Waals surface area contributed by atoms with Gasteiger partial charge in [-0.05, 0) is 25.1 Å². The molecule has 0 aliphatic heterocycles. The summed E-state index contributed by atoms with van der Waals surface area (Å²) < 4.78 is 31.6. The van der Waals surface area contributed by atoms with E-state index >= 15 is 0 Å². The van der Waals surface area contributed by atoms with Crippen LogP contribution in [0.2, 0.25) is 0 Å². The van der Waals surface area contributed by atoms with E-state index in [4.69, 9.17) is 4.74 Å². The van der Waals surface area contributed by atoms with Crippen LogP contribution in [0.15, 0.2) is 23.6 Å². The van der Waals surface area contributed by atoms with Gasteiger partial charge in [0, 0.05) is 11.9 Å². The maximum Gasteiger partial charge on any atom is 0.200 e. The van der Waals surface area contributed by atoms with Gasteiger partial charge in [-0.3, -0.25) is 0 Å². The summed E-state index contributed by atoms with van der Waals surface area (Å²) in [4.78, 5) is 4.36. The SMILES string of the molecule is CCCNCc1nc(COc2cccc(F)c2F)cs1. The minimum absolute atomic E-state index is 0.0938. The minimum atomic E-state index is -0.965. The Morgan fingerprint density at radius 1 is 1.35 bits per heavy atom. The molecule has 20 heavy (non-hydrogen) atoms. The second kappa shape index (κ2) is 7.31. The molecule has 1 N–H and O–H groups in total. The Balaban J connectivity index is 1.89. The van der Waals surface area contributed by atoms with Crippen LogP contribution in [0.5, 0.6) is 5.75 Å². The maximum atomic E-state index is 13.4. The molecule has 0 aliphatic carbocycles. The first-order valence-electron chi connectivity index (χ1n) is 6.41. The van der Waals surface area contributed by atoms with E-state index in [1.807, 2.05) is 5.38 Å². The van der Waals surface area contributed by atoms with Gasteiger partial charge in [-0.2, -0.15) is 4.39 Å². The molecule has 1 heterocycles. The van der Waals surface area contributed by atoms with Gasteiger partial charge >= 0.3 is 0 Å². The fourth-order valence-electron chi connectivity index (χ4n) is 1.62. The fourth-order valence-corrected chi connectivity index (χ4v) is 2.36. The van der Waals surface area contributed by atoms with Gasteiger partial charge in [-0.15, -0.1) is 11.3 Å². The van der Waals surface area contributed by atoms with Crippen molar-refractivity contribution in [2.24, 2.45) is 0 Å². The first-order chi connectivity index (χ1) is 9.70. The summed E-state index contributed by atoms with van der Waals surface area (Å²) in [5.74, 6) is -1.97. The average Bonchev–Trinajstić information content (AvgIpc) is 2.89. The lowest BCUT2D eigenvalue weighted by molar-refractivity contribution is 0.281. The van der Waals surface area contributed by atoms with Crippen LogP contribution in [0.4, 0.5) is 8.78 Å². The van der Waals surface area contributed by atoms with E-state index in [9.17, 15) is 8.78 Å². The summed E-state index contributed by atoms with van der Waals surface area (Å²) in [5.41, 5.74) is 0.715. The predicted octanol–water partition coefficient (Wildman–Crippen LogP) is 3.50. The molecule has 6 heteroatoms. The summed E-state index contributed by atoms with van der Waals surface area (Å²) in [6.45, 7) is 3.89. The van der Waals surface area contributed by atoms with Crippen LogP contribution in [0.3, 0.4) is 0 Å². The highest BCUT2D eigenvalue weighted by atomic mass is 32.1. The summed E-state index contributed by atoms with van der Waals surface area (Å²) in [6.07, 6.45) is 1.07. The smallest absolute Gasteiger partial charge is 0.200 e. The van der Waals surface area contributed by atoms with Gasteiger partial charge < -0.3 is 10.1 Å². The summed E-state index contributed by atoms with van der Waals surface area (Å²) >= 11 is 1.52. The van der Waals surface area contributed by atoms with E-state index in [1.165, 1.54) is 23.5 Å². The van der Waals surface area contributed by atoms with E-state index in [0.717, 1.165) is 24.0 Å². The normalized spacial score (nSPS) is 10.8. The number of rotatable bonds is 7. The van der Waals surface area contributed by atoms with Crippen LogP contribution in [0, 0.1) is 11.6 Å². The molecule has 0 unspecified atom stereocenters. The van der Waals surface area contributed by atoms with Gasteiger partial charge in [0.2, 0.25) is 5.82 Å². The molecular weight excluding hydrogens is 282 g/mol. The van der Waals surface area contributed by atoms with Gasteiger partial charge in [-0.25, -0.2) is 9.37 Å². The van der Waals surface area contributed by atoms with Crippen LogP contribution >= 0.6 is 11.3 Å². The van der Waals surface area contributed by atoms with E-state index < -0.39 is 11.6 Å². The third-order valence-corrected chi connectivity index (χ3v) is 3.49. The van der Waals surface area contributed by atoms with Crippen molar-refractivity contribution in [2.45, 2.75) is 26.5 Å². The minimum Gasteiger partial charge on any atom is -0.484 e. The summed E-state index contributed by atoms with van der Waals surface area (Å²) in [7, 11) is 0. The number of thiazole rings is 1. The van der Waals surface area contributed by atoms with Crippen molar-refractivity contribution in [3.63, 3.8) is 0 Å². The third kappa shape index (κ3) is 3.98. The molecule has 0 radical (unpaired) electrons. The zero-order valence-electron chi connectivity index (χ0n) is 11.2. The highest BCUT2D eigenvalue weighted by Gasteiger charge is 2.09. The van der Waals surface area contributed by atoms with Gasteiger partial charge in [0.1, 0.15) is 11.6 Å². The highest BCUT2D eigenvalue weighted by molar-refractivity contribution is 7.09. The Morgan fingerprint density at radius 3 is 3.00 bits per heavy atom. The molecule has 0 bridgehead atoms. The molecule has 0 spiro atoms. The highest BCUT2D eigenvalue weighted by Crippen LogP contribution is 2.20. The fraction of sp³-hybridized carbons (Fsp3) is 0.357. The Bertz CT molecular complexity index is 560. The molecule has 0 aliphatic rings. The van der Waals surface area contributed by atoms with E-state index in [2.05, 4.69) is 17.2 Å². The molecule has 2 aromatic rings. The van der Waals surface area contributed by atoms with Crippen LogP contribution in [-0.2, 0) is 13.2 Å². The van der Waals surface area contributed by atoms with Crippen molar-refractivity contribution in [3.05, 3.63) is 45.9 Å². The van der Waals surface area contributed by atoms with Crippen LogP contribution in [-0.4, -0.2) is 11.5 Å². The van der Waals surface area contributed by atoms with Crippen LogP contribution < -0.4 is 10.1 Å². The Morgan fingerprint density at radius 2 is 2.20 bits per heavy atom. The molecule has 0 atom stereocenters. The number of nitrogens with zero attached hydrogens (tertiary/aromatic N) is 1. The zero-order chi connectivity index (χ0) is 14.4. The van der Waals surface area contributed by atoms with Crippen LogP contribution in [0.1, 0.15) is 24.0 Å². The lowest BCUT2D eigenvalue weighted by atomic mass is 10.3. The molecule has 0 amide bonds. The molecule has 108 valence electrons. The van der Waals surface area contributed by atoms with Crippen molar-refractivity contribution in [3.8, 4) is 5.75 Å². The Hall–Kier alpha value is -1.53. The second-order valence-electron chi connectivity index (χ2n) is 4.25. The number of aromatic nitrogens is 1. The Labute approximate surface area is 120 Å². The third-order valence-electron chi connectivity index (χ3n) is 2.59. The van der Waals surface area contributed by atoms with Gasteiger partial charge in [0.25, 0.3) is 0 Å². The summed E-state index contributed by atoms with van der Waals surface area (Å²) in [6, 6.07) is 3.87. The molecule has 2 rings (SSSR count). The number of benzene rings is 1. The molecule has 1 aromatic carbocycles. The molecule has 0 saturated heterocycles. The predicted molar refractivity (Wildman–Crippen MR) is 74.8 cm³/mol. The molecule has 1 aromatic heterocycles. The molecule has 0 saturated carbocycles. The van der Waals surface area contributed by atoms with Crippen molar-refractivity contribution in [1.29, 1.82) is 0 Å². The average molecular weight is 298 g/mol. The van der Waals surface area contributed by atoms with Crippen molar-refractivity contribution >= 4 is 11.3 Å². The largest absolute Gasteiger partial charge is 0.484 e. The van der Waals surface area contributed by atoms with Crippen molar-refractivity contribution in [2.75, 3.05) is 6.54 Å². The maximum absolute atomic E-state index is 13.4. The number of hydrogen-bond acceptors (Lipinski definition) is 4. The standard InChI is InChI=1S/C14H16F2N2OS/c1-2-6-17-7-13-18-10(9-20-13)8-19-12-5-3-4-11(15)14(12)16/h3-5,9,17H,2,6-8H2,1H3. The van der Waals surface area contributed by atoms with Gasteiger partial charge in [0.15, 0.2) is 11.6 Å². The topological polar surface area (TPSA) is 34.2 Å². The van der Waals surface area contributed by atoms with Crippen LogP contribution in [0.25, 0.3) is 0 Å². The number of ether oxygens (including phenoxy) is 1. The number of nitrogens with one attached hydrogen (secondary N) is 1. The lowest BCUT2D eigenvalue weighted by Gasteiger charge is -2.05. The van der Waals surface area contributed by atoms with E-state index in [0.29, 0.717) is 12.2 Å². The first kappa shape index (κ1) is 14.9. The van der Waals surface area contributed by atoms with Gasteiger partial charge in [0.05, 0.1) is 5.69 Å².